The largest absolute Gasteiger partial charge is 0.455 e. The molecule has 0 atom stereocenters. The quantitative estimate of drug-likeness (QED) is 0.131. The normalized spacial score (nSPS) is 13.3. The minimum absolute atomic E-state index is 0.188. The molecule has 0 amide bonds. The fraction of sp³-hybridized carbons (Fsp3) is 0.0545. The molecule has 0 saturated heterocycles. The van der Waals surface area contributed by atoms with Crippen molar-refractivity contribution in [1.29, 1.82) is 0 Å². The molecular weight excluding hydrogens is 677 g/mol. The fourth-order valence-corrected chi connectivity index (χ4v) is 10.3. The molecule has 0 aliphatic heterocycles. The van der Waals surface area contributed by atoms with Crippen LogP contribution in [0, 0.1) is 0 Å². The van der Waals surface area contributed by atoms with Gasteiger partial charge >= 0.3 is 0 Å². The molecule has 56 heavy (non-hydrogen) atoms. The Labute approximate surface area is 325 Å². The molecule has 1 aliphatic carbocycles. The van der Waals surface area contributed by atoms with Crippen LogP contribution in [0.2, 0.25) is 0 Å². The summed E-state index contributed by atoms with van der Waals surface area (Å²) in [6.45, 7) is 4.84. The zero-order valence-electron chi connectivity index (χ0n) is 31.2. The monoisotopic (exact) mass is 712 g/mol. The maximum absolute atomic E-state index is 6.63. The zero-order chi connectivity index (χ0) is 37.1. The Balaban J connectivity index is 1.19. The highest BCUT2D eigenvalue weighted by molar-refractivity contribution is 6.26. The van der Waals surface area contributed by atoms with Crippen LogP contribution in [0.25, 0.3) is 110 Å². The van der Waals surface area contributed by atoms with Gasteiger partial charge in [0.05, 0.1) is 0 Å². The van der Waals surface area contributed by atoms with E-state index in [4.69, 9.17) is 4.42 Å². The summed E-state index contributed by atoms with van der Waals surface area (Å²) in [5.41, 5.74) is 14.5. The Morgan fingerprint density at radius 1 is 0.304 bits per heavy atom. The van der Waals surface area contributed by atoms with E-state index in [0.717, 1.165) is 33.1 Å². The summed E-state index contributed by atoms with van der Waals surface area (Å²) in [6, 6.07) is 66.9. The number of para-hydroxylation sites is 2. The first-order chi connectivity index (χ1) is 27.6. The van der Waals surface area contributed by atoms with Gasteiger partial charge in [-0.25, -0.2) is 0 Å². The molecule has 1 aromatic heterocycles. The van der Waals surface area contributed by atoms with Gasteiger partial charge < -0.3 is 4.42 Å². The summed E-state index contributed by atoms with van der Waals surface area (Å²) in [7, 11) is 0. The Morgan fingerprint density at radius 3 is 1.39 bits per heavy atom. The predicted molar refractivity (Wildman–Crippen MR) is 238 cm³/mol. The topological polar surface area (TPSA) is 13.1 Å². The van der Waals surface area contributed by atoms with Crippen molar-refractivity contribution in [1.82, 2.24) is 0 Å². The lowest BCUT2D eigenvalue weighted by Crippen LogP contribution is -2.15. The molecule has 0 N–H and O–H groups in total. The number of hydrogen-bond acceptors (Lipinski definition) is 1. The number of rotatable bonds is 3. The highest BCUT2D eigenvalue weighted by atomic mass is 16.3. The third-order valence-electron chi connectivity index (χ3n) is 12.6. The van der Waals surface area contributed by atoms with Gasteiger partial charge in [-0.2, -0.15) is 0 Å². The molecule has 262 valence electrons. The Bertz CT molecular complexity index is 3390. The van der Waals surface area contributed by atoms with Crippen LogP contribution < -0.4 is 0 Å². The highest BCUT2D eigenvalue weighted by Crippen LogP contribution is 2.58. The molecule has 1 aliphatic rings. The van der Waals surface area contributed by atoms with Crippen LogP contribution >= 0.6 is 0 Å². The standard InChI is InChI=1S/C55H36O/c1-55(2)47-31-16-30-46(51(47)52-38-22-7-3-17-33(38)34-18-5-12-27-43(34)53(52)55)50-41-25-10-8-23-39(41)49(40-24-9-11-26-42(40)50)37-21-6-4-19-35(37)44-28-15-29-45-36-20-13-14-32-48(36)56-54(44)45/h3-32H,1-2H3. The second kappa shape index (κ2) is 11.5. The average molecular weight is 713 g/mol. The van der Waals surface area contributed by atoms with Gasteiger partial charge in [0.2, 0.25) is 0 Å². The Hall–Kier alpha value is -6.96. The molecule has 1 nitrogen and oxygen atoms in total. The van der Waals surface area contributed by atoms with Crippen molar-refractivity contribution in [3.05, 3.63) is 193 Å². The van der Waals surface area contributed by atoms with Crippen molar-refractivity contribution in [3.8, 4) is 44.5 Å². The first kappa shape index (κ1) is 31.4. The first-order valence-electron chi connectivity index (χ1n) is 19.6. The third-order valence-corrected chi connectivity index (χ3v) is 12.6. The molecule has 0 unspecified atom stereocenters. The molecular formula is C55H36O. The summed E-state index contributed by atoms with van der Waals surface area (Å²) < 4.78 is 6.63. The number of furan rings is 1. The van der Waals surface area contributed by atoms with E-state index in [2.05, 4.69) is 190 Å². The summed E-state index contributed by atoms with van der Waals surface area (Å²) >= 11 is 0. The Morgan fingerprint density at radius 2 is 0.732 bits per heavy atom. The molecule has 0 fully saturated rings. The third kappa shape index (κ3) is 4.15. The smallest absolute Gasteiger partial charge is 0.143 e. The molecule has 1 heteroatoms. The van der Waals surface area contributed by atoms with Crippen LogP contribution in [0.15, 0.2) is 186 Å². The number of benzene rings is 10. The first-order valence-corrected chi connectivity index (χ1v) is 19.6. The molecule has 11 aromatic rings. The second-order valence-electron chi connectivity index (χ2n) is 15.9. The summed E-state index contributed by atoms with van der Waals surface area (Å²) in [5.74, 6) is 0. The van der Waals surface area contributed by atoms with E-state index < -0.39 is 0 Å². The van der Waals surface area contributed by atoms with Gasteiger partial charge in [0.1, 0.15) is 11.2 Å². The van der Waals surface area contributed by atoms with Crippen LogP contribution in [0.3, 0.4) is 0 Å². The van der Waals surface area contributed by atoms with E-state index >= 15 is 0 Å². The van der Waals surface area contributed by atoms with Crippen molar-refractivity contribution in [2.24, 2.45) is 0 Å². The van der Waals surface area contributed by atoms with Gasteiger partial charge in [-0.15, -0.1) is 0 Å². The minimum Gasteiger partial charge on any atom is -0.455 e. The van der Waals surface area contributed by atoms with Crippen LogP contribution in [-0.2, 0) is 5.41 Å². The van der Waals surface area contributed by atoms with Gasteiger partial charge in [-0.1, -0.05) is 190 Å². The highest BCUT2D eigenvalue weighted by Gasteiger charge is 2.40. The van der Waals surface area contributed by atoms with Crippen LogP contribution in [0.1, 0.15) is 25.0 Å². The van der Waals surface area contributed by atoms with Gasteiger partial charge in [0.15, 0.2) is 0 Å². The lowest BCUT2D eigenvalue weighted by molar-refractivity contribution is 0.666. The summed E-state index contributed by atoms with van der Waals surface area (Å²) in [5, 5.41) is 12.6. The summed E-state index contributed by atoms with van der Waals surface area (Å²) in [4.78, 5) is 0. The van der Waals surface area contributed by atoms with Gasteiger partial charge in [-0.3, -0.25) is 0 Å². The van der Waals surface area contributed by atoms with Crippen LogP contribution in [0.5, 0.6) is 0 Å². The van der Waals surface area contributed by atoms with E-state index in [1.54, 1.807) is 0 Å². The number of hydrogen-bond donors (Lipinski definition) is 0. The van der Waals surface area contributed by atoms with Gasteiger partial charge in [0, 0.05) is 21.8 Å². The number of fused-ring (bicyclic) bond motifs is 13. The van der Waals surface area contributed by atoms with E-state index in [1.165, 1.54) is 87.6 Å². The van der Waals surface area contributed by atoms with Crippen molar-refractivity contribution in [2.45, 2.75) is 19.3 Å². The lowest BCUT2D eigenvalue weighted by atomic mass is 9.79. The molecule has 0 saturated carbocycles. The predicted octanol–water partition coefficient (Wildman–Crippen LogP) is 15.5. The van der Waals surface area contributed by atoms with E-state index in [1.807, 2.05) is 6.07 Å². The molecule has 1 heterocycles. The fourth-order valence-electron chi connectivity index (χ4n) is 10.3. The molecule has 0 radical (unpaired) electrons. The molecule has 10 aromatic carbocycles. The van der Waals surface area contributed by atoms with Crippen molar-refractivity contribution in [3.63, 3.8) is 0 Å². The SMILES string of the molecule is CC1(C)c2cccc(-c3c4ccccc4c(-c4ccccc4-c4cccc5c4oc4ccccc45)c4ccccc34)c2-c2c1c1ccccc1c1ccccc21. The minimum atomic E-state index is -0.188. The maximum atomic E-state index is 6.63. The molecule has 12 rings (SSSR count). The molecule has 0 spiro atoms. The maximum Gasteiger partial charge on any atom is 0.143 e. The van der Waals surface area contributed by atoms with Crippen LogP contribution in [-0.4, -0.2) is 0 Å². The lowest BCUT2D eigenvalue weighted by Gasteiger charge is -2.24. The average Bonchev–Trinajstić information content (AvgIpc) is 3.75. The summed E-state index contributed by atoms with van der Waals surface area (Å²) in [6.07, 6.45) is 0. The van der Waals surface area contributed by atoms with Gasteiger partial charge in [0.25, 0.3) is 0 Å². The van der Waals surface area contributed by atoms with Crippen LogP contribution in [0.4, 0.5) is 0 Å². The zero-order valence-corrected chi connectivity index (χ0v) is 31.2. The van der Waals surface area contributed by atoms with Crippen molar-refractivity contribution in [2.75, 3.05) is 0 Å². The van der Waals surface area contributed by atoms with Gasteiger partial charge in [-0.05, 0) is 99.2 Å². The van der Waals surface area contributed by atoms with E-state index in [-0.39, 0.29) is 5.41 Å². The molecule has 0 bridgehead atoms. The second-order valence-corrected chi connectivity index (χ2v) is 15.9. The van der Waals surface area contributed by atoms with E-state index in [0.29, 0.717) is 0 Å². The van der Waals surface area contributed by atoms with Crippen molar-refractivity contribution < 1.29 is 4.42 Å². The van der Waals surface area contributed by atoms with Crippen molar-refractivity contribution >= 4 is 65.0 Å². The Kier molecular flexibility index (Phi) is 6.46. The van der Waals surface area contributed by atoms with E-state index in [9.17, 15) is 0 Å².